The van der Waals surface area contributed by atoms with E-state index in [1.807, 2.05) is 25.1 Å². The normalized spacial score (nSPS) is 11.7. The molecule has 0 bridgehead atoms. The summed E-state index contributed by atoms with van der Waals surface area (Å²) < 4.78 is 6.52. The molecule has 8 heteroatoms. The first-order chi connectivity index (χ1) is 14.3. The van der Waals surface area contributed by atoms with Crippen LogP contribution in [0.15, 0.2) is 40.9 Å². The Kier molecular flexibility index (Phi) is 9.46. The van der Waals surface area contributed by atoms with E-state index in [-0.39, 0.29) is 25.0 Å². The van der Waals surface area contributed by atoms with Gasteiger partial charge in [-0.25, -0.2) is 0 Å². The highest BCUT2D eigenvalue weighted by Gasteiger charge is 2.29. The summed E-state index contributed by atoms with van der Waals surface area (Å²) >= 11 is 16.1. The van der Waals surface area contributed by atoms with Crippen LogP contribution >= 0.6 is 39.1 Å². The van der Waals surface area contributed by atoms with Crippen LogP contribution in [0.2, 0.25) is 10.0 Å². The van der Waals surface area contributed by atoms with Crippen LogP contribution in [0.1, 0.15) is 31.4 Å². The average molecular weight is 516 g/mol. The van der Waals surface area contributed by atoms with Crippen molar-refractivity contribution >= 4 is 50.9 Å². The first kappa shape index (κ1) is 24.5. The topological polar surface area (TPSA) is 58.6 Å². The molecule has 1 unspecified atom stereocenters. The Morgan fingerprint density at radius 2 is 1.83 bits per heavy atom. The van der Waals surface area contributed by atoms with E-state index in [4.69, 9.17) is 27.9 Å². The first-order valence-electron chi connectivity index (χ1n) is 9.67. The second-order valence-corrected chi connectivity index (χ2v) is 8.34. The van der Waals surface area contributed by atoms with E-state index in [0.717, 1.165) is 16.5 Å². The summed E-state index contributed by atoms with van der Waals surface area (Å²) in [7, 11) is 1.54. The standard InChI is InChI=1S/C22H25BrCl2N2O3/c1-4-14-9-10-20(16(23)11-14)30-13-21(28)27(19(5-2)22(29)26-3)12-15-17(24)7-6-8-18(15)25/h6-11,19H,4-5,12-13H2,1-3H3,(H,26,29). The maximum atomic E-state index is 13.1. The molecule has 2 amide bonds. The number of amides is 2. The van der Waals surface area contributed by atoms with Gasteiger partial charge in [-0.05, 0) is 58.6 Å². The lowest BCUT2D eigenvalue weighted by molar-refractivity contribution is -0.142. The lowest BCUT2D eigenvalue weighted by Gasteiger charge is -2.30. The molecule has 0 spiro atoms. The minimum atomic E-state index is -0.677. The van der Waals surface area contributed by atoms with Crippen LogP contribution in [0, 0.1) is 0 Å². The fourth-order valence-corrected chi connectivity index (χ4v) is 4.10. The van der Waals surface area contributed by atoms with E-state index in [1.54, 1.807) is 25.2 Å². The number of carbonyl (C=O) groups is 2. The van der Waals surface area contributed by atoms with E-state index >= 15 is 0 Å². The molecule has 0 fully saturated rings. The van der Waals surface area contributed by atoms with E-state index in [1.165, 1.54) is 4.90 Å². The summed E-state index contributed by atoms with van der Waals surface area (Å²) in [6.07, 6.45) is 1.33. The van der Waals surface area contributed by atoms with Gasteiger partial charge >= 0.3 is 0 Å². The minimum absolute atomic E-state index is 0.0998. The molecular formula is C22H25BrCl2N2O3. The monoisotopic (exact) mass is 514 g/mol. The summed E-state index contributed by atoms with van der Waals surface area (Å²) in [5.41, 5.74) is 1.74. The molecule has 0 saturated carbocycles. The molecule has 2 rings (SSSR count). The second kappa shape index (κ2) is 11.6. The summed E-state index contributed by atoms with van der Waals surface area (Å²) in [4.78, 5) is 27.0. The summed E-state index contributed by atoms with van der Waals surface area (Å²) in [5.74, 6) is -0.0420. The predicted octanol–water partition coefficient (Wildman–Crippen LogP) is 5.25. The number of ether oxygens (including phenoxy) is 1. The van der Waals surface area contributed by atoms with Crippen molar-refractivity contribution in [3.8, 4) is 5.75 Å². The third kappa shape index (κ3) is 6.13. The number of benzene rings is 2. The van der Waals surface area contributed by atoms with Gasteiger partial charge in [-0.2, -0.15) is 0 Å². The van der Waals surface area contributed by atoms with Gasteiger partial charge in [-0.1, -0.05) is 49.2 Å². The van der Waals surface area contributed by atoms with Crippen molar-refractivity contribution in [1.82, 2.24) is 10.2 Å². The summed E-state index contributed by atoms with van der Waals surface area (Å²) in [5, 5.41) is 3.49. The van der Waals surface area contributed by atoms with Crippen molar-refractivity contribution < 1.29 is 14.3 Å². The molecule has 0 aliphatic rings. The molecule has 0 radical (unpaired) electrons. The van der Waals surface area contributed by atoms with Gasteiger partial charge in [-0.15, -0.1) is 0 Å². The maximum Gasteiger partial charge on any atom is 0.261 e. The van der Waals surface area contributed by atoms with Gasteiger partial charge in [0.2, 0.25) is 5.91 Å². The maximum absolute atomic E-state index is 13.1. The SMILES string of the molecule is CCc1ccc(OCC(=O)N(Cc2c(Cl)cccc2Cl)C(CC)C(=O)NC)c(Br)c1. The van der Waals surface area contributed by atoms with E-state index in [0.29, 0.717) is 27.8 Å². The van der Waals surface area contributed by atoms with E-state index in [9.17, 15) is 9.59 Å². The van der Waals surface area contributed by atoms with Crippen molar-refractivity contribution in [1.29, 1.82) is 0 Å². The Bertz CT molecular complexity index is 888. The molecule has 0 aromatic heterocycles. The molecule has 0 saturated heterocycles. The fourth-order valence-electron chi connectivity index (χ4n) is 3.04. The van der Waals surface area contributed by atoms with Crippen molar-refractivity contribution in [3.63, 3.8) is 0 Å². The first-order valence-corrected chi connectivity index (χ1v) is 11.2. The van der Waals surface area contributed by atoms with Crippen LogP contribution in [0.25, 0.3) is 0 Å². The van der Waals surface area contributed by atoms with Crippen molar-refractivity contribution in [2.45, 2.75) is 39.3 Å². The van der Waals surface area contributed by atoms with Gasteiger partial charge < -0.3 is 15.0 Å². The lowest BCUT2D eigenvalue weighted by atomic mass is 10.1. The molecule has 0 aliphatic carbocycles. The molecule has 2 aromatic rings. The van der Waals surface area contributed by atoms with Gasteiger partial charge in [0, 0.05) is 29.2 Å². The molecule has 1 N–H and O–H groups in total. The Hall–Kier alpha value is -1.76. The van der Waals surface area contributed by atoms with Crippen LogP contribution in [0.4, 0.5) is 0 Å². The highest BCUT2D eigenvalue weighted by atomic mass is 79.9. The second-order valence-electron chi connectivity index (χ2n) is 6.67. The number of carbonyl (C=O) groups excluding carboxylic acids is 2. The molecule has 5 nitrogen and oxygen atoms in total. The Balaban J connectivity index is 2.26. The summed E-state index contributed by atoms with van der Waals surface area (Å²) in [6.45, 7) is 3.78. The van der Waals surface area contributed by atoms with Crippen molar-refractivity contribution in [2.75, 3.05) is 13.7 Å². The van der Waals surface area contributed by atoms with Crippen LogP contribution in [0.5, 0.6) is 5.75 Å². The molecule has 1 atom stereocenters. The number of hydrogen-bond acceptors (Lipinski definition) is 3. The molecule has 0 heterocycles. The van der Waals surface area contributed by atoms with Gasteiger partial charge in [0.05, 0.1) is 4.47 Å². The van der Waals surface area contributed by atoms with Crippen LogP contribution in [0.3, 0.4) is 0 Å². The largest absolute Gasteiger partial charge is 0.483 e. The van der Waals surface area contributed by atoms with Crippen molar-refractivity contribution in [3.05, 3.63) is 62.0 Å². The lowest BCUT2D eigenvalue weighted by Crippen LogP contribution is -2.49. The van der Waals surface area contributed by atoms with Crippen molar-refractivity contribution in [2.24, 2.45) is 0 Å². The predicted molar refractivity (Wildman–Crippen MR) is 124 cm³/mol. The Labute approximate surface area is 195 Å². The number of aryl methyl sites for hydroxylation is 1. The quantitative estimate of drug-likeness (QED) is 0.496. The summed E-state index contributed by atoms with van der Waals surface area (Å²) in [6, 6.07) is 10.2. The number of nitrogens with one attached hydrogen (secondary N) is 1. The van der Waals surface area contributed by atoms with Crippen LogP contribution in [-0.2, 0) is 22.6 Å². The van der Waals surface area contributed by atoms with Gasteiger partial charge in [0.1, 0.15) is 11.8 Å². The smallest absolute Gasteiger partial charge is 0.261 e. The zero-order valence-electron chi connectivity index (χ0n) is 17.2. The average Bonchev–Trinajstić information content (AvgIpc) is 2.74. The number of nitrogens with zero attached hydrogens (tertiary/aromatic N) is 1. The third-order valence-corrected chi connectivity index (χ3v) is 6.11. The van der Waals surface area contributed by atoms with Crippen LogP contribution < -0.4 is 10.1 Å². The minimum Gasteiger partial charge on any atom is -0.483 e. The molecular weight excluding hydrogens is 491 g/mol. The van der Waals surface area contributed by atoms with Gasteiger partial charge in [-0.3, -0.25) is 9.59 Å². The number of rotatable bonds is 9. The highest BCUT2D eigenvalue weighted by Crippen LogP contribution is 2.28. The van der Waals surface area contributed by atoms with Gasteiger partial charge in [0.25, 0.3) is 5.91 Å². The third-order valence-electron chi connectivity index (χ3n) is 4.78. The zero-order chi connectivity index (χ0) is 22.3. The van der Waals surface area contributed by atoms with Crippen LogP contribution in [-0.4, -0.2) is 36.4 Å². The van der Waals surface area contributed by atoms with E-state index < -0.39 is 6.04 Å². The molecule has 0 aliphatic heterocycles. The Morgan fingerprint density at radius 1 is 1.17 bits per heavy atom. The number of hydrogen-bond donors (Lipinski definition) is 1. The Morgan fingerprint density at radius 3 is 2.37 bits per heavy atom. The number of likely N-dealkylation sites (N-methyl/N-ethyl adjacent to an activating group) is 1. The molecule has 30 heavy (non-hydrogen) atoms. The van der Waals surface area contributed by atoms with E-state index in [2.05, 4.69) is 28.2 Å². The van der Waals surface area contributed by atoms with Gasteiger partial charge in [0.15, 0.2) is 6.61 Å². The highest BCUT2D eigenvalue weighted by molar-refractivity contribution is 9.10. The fraction of sp³-hybridized carbons (Fsp3) is 0.364. The molecule has 2 aromatic carbocycles. The zero-order valence-corrected chi connectivity index (χ0v) is 20.3. The number of halogens is 3. The molecule has 162 valence electrons.